The van der Waals surface area contributed by atoms with Crippen LogP contribution in [0.3, 0.4) is 0 Å². The van der Waals surface area contributed by atoms with E-state index < -0.39 is 0 Å². The van der Waals surface area contributed by atoms with E-state index in [0.29, 0.717) is 91.1 Å². The number of fused-ring (bicyclic) bond motifs is 2. The van der Waals surface area contributed by atoms with Gasteiger partial charge in [-0.15, -0.1) is 0 Å². The van der Waals surface area contributed by atoms with Crippen molar-refractivity contribution in [3.63, 3.8) is 0 Å². The largest absolute Gasteiger partial charge is 0.423 e. The van der Waals surface area contributed by atoms with Crippen molar-refractivity contribution in [3.05, 3.63) is 48.5 Å². The fourth-order valence-corrected chi connectivity index (χ4v) is 3.94. The van der Waals surface area contributed by atoms with Crippen molar-refractivity contribution >= 4 is 34.2 Å². The van der Waals surface area contributed by atoms with Crippen LogP contribution in [0.5, 0.6) is 0 Å². The Morgan fingerprint density at radius 2 is 0.833 bits per heavy atom. The molecule has 4 aromatic rings. The van der Waals surface area contributed by atoms with E-state index >= 15 is 0 Å². The Morgan fingerprint density at radius 3 is 1.19 bits per heavy atom. The number of hydrogen-bond donors (Lipinski definition) is 0. The highest BCUT2D eigenvalue weighted by atomic mass is 16.5. The van der Waals surface area contributed by atoms with Gasteiger partial charge in [0.15, 0.2) is 11.2 Å². The zero-order chi connectivity index (χ0) is 24.4. The Labute approximate surface area is 209 Å². The minimum atomic E-state index is 0.504. The van der Waals surface area contributed by atoms with Gasteiger partial charge in [0.25, 0.3) is 12.0 Å². The molecule has 3 heterocycles. The Balaban J connectivity index is 1.15. The van der Waals surface area contributed by atoms with E-state index in [2.05, 4.69) is 9.97 Å². The average molecular weight is 497 g/mol. The Morgan fingerprint density at radius 1 is 0.472 bits per heavy atom. The van der Waals surface area contributed by atoms with Gasteiger partial charge in [-0.25, -0.2) is 0 Å². The monoisotopic (exact) mass is 496 g/mol. The van der Waals surface area contributed by atoms with Crippen LogP contribution in [-0.2, 0) is 18.9 Å². The smallest absolute Gasteiger partial charge is 0.298 e. The molecule has 1 aliphatic heterocycles. The first kappa shape index (κ1) is 24.5. The number of aromatic nitrogens is 2. The second kappa shape index (κ2) is 12.7. The molecule has 2 aromatic heterocycles. The molecule has 0 unspecified atom stereocenters. The molecule has 10 nitrogen and oxygen atoms in total. The summed E-state index contributed by atoms with van der Waals surface area (Å²) in [7, 11) is 0. The number of para-hydroxylation sites is 4. The normalized spacial score (nSPS) is 18.3. The quantitative estimate of drug-likeness (QED) is 0.411. The molecule has 0 atom stereocenters. The maximum atomic E-state index is 5.95. The molecule has 10 heteroatoms. The van der Waals surface area contributed by atoms with Gasteiger partial charge >= 0.3 is 0 Å². The van der Waals surface area contributed by atoms with Crippen LogP contribution in [-0.4, -0.2) is 89.0 Å². The molecule has 2 aromatic carbocycles. The Hall–Kier alpha value is -3.18. The van der Waals surface area contributed by atoms with Crippen LogP contribution in [0, 0.1) is 0 Å². The van der Waals surface area contributed by atoms with E-state index in [0.717, 1.165) is 22.2 Å². The molecule has 0 bridgehead atoms. The molecular weight excluding hydrogens is 464 g/mol. The SMILES string of the molecule is c1ccc2oc(N3CCOCCOCCN(c4nc5ccccc5o4)CCOCCOCC3)nc2c1. The second-order valence-electron chi connectivity index (χ2n) is 8.35. The third-order valence-corrected chi connectivity index (χ3v) is 5.87. The zero-order valence-electron chi connectivity index (χ0n) is 20.3. The summed E-state index contributed by atoms with van der Waals surface area (Å²) in [6.07, 6.45) is 0. The molecule has 0 aliphatic carbocycles. The standard InChI is InChI=1S/C26H32N4O6/c1-3-7-23-21(5-1)27-25(35-23)29-9-13-31-17-19-33-15-11-30(12-16-34-20-18-32-14-10-29)26-28-22-6-2-4-8-24(22)36-26/h1-8H,9-20H2. The predicted octanol–water partition coefficient (Wildman–Crippen LogP) is 3.36. The van der Waals surface area contributed by atoms with E-state index in [1.165, 1.54) is 0 Å². The van der Waals surface area contributed by atoms with Gasteiger partial charge in [0.2, 0.25) is 0 Å². The van der Waals surface area contributed by atoms with Crippen molar-refractivity contribution in [2.45, 2.75) is 0 Å². The molecule has 192 valence electrons. The molecule has 0 amide bonds. The van der Waals surface area contributed by atoms with Crippen LogP contribution in [0.4, 0.5) is 12.0 Å². The van der Waals surface area contributed by atoms with E-state index in [1.54, 1.807) is 0 Å². The minimum Gasteiger partial charge on any atom is -0.423 e. The molecule has 5 rings (SSSR count). The summed E-state index contributed by atoms with van der Waals surface area (Å²) in [5, 5.41) is 0. The summed E-state index contributed by atoms with van der Waals surface area (Å²) < 4.78 is 35.2. The summed E-state index contributed by atoms with van der Waals surface area (Å²) in [6.45, 7) is 6.68. The van der Waals surface area contributed by atoms with Crippen LogP contribution in [0.1, 0.15) is 0 Å². The number of hydrogen-bond acceptors (Lipinski definition) is 10. The lowest BCUT2D eigenvalue weighted by Crippen LogP contribution is -2.33. The van der Waals surface area contributed by atoms with E-state index in [4.69, 9.17) is 27.8 Å². The lowest BCUT2D eigenvalue weighted by Gasteiger charge is -2.22. The van der Waals surface area contributed by atoms with E-state index in [9.17, 15) is 0 Å². The maximum Gasteiger partial charge on any atom is 0.298 e. The Kier molecular flexibility index (Phi) is 8.63. The van der Waals surface area contributed by atoms with Crippen LogP contribution in [0.25, 0.3) is 22.2 Å². The number of nitrogens with zero attached hydrogens (tertiary/aromatic N) is 4. The van der Waals surface area contributed by atoms with Crippen LogP contribution in [0.15, 0.2) is 57.4 Å². The van der Waals surface area contributed by atoms with Crippen molar-refractivity contribution in [1.82, 2.24) is 9.97 Å². The van der Waals surface area contributed by atoms with E-state index in [1.807, 2.05) is 58.3 Å². The van der Waals surface area contributed by atoms with Gasteiger partial charge in [-0.1, -0.05) is 24.3 Å². The average Bonchev–Trinajstić information content (AvgIpc) is 3.53. The van der Waals surface area contributed by atoms with Gasteiger partial charge in [-0.3, -0.25) is 0 Å². The van der Waals surface area contributed by atoms with Crippen LogP contribution in [0.2, 0.25) is 0 Å². The van der Waals surface area contributed by atoms with Gasteiger partial charge in [-0.2, -0.15) is 9.97 Å². The first-order chi connectivity index (χ1) is 17.9. The summed E-state index contributed by atoms with van der Waals surface area (Å²) in [6, 6.07) is 16.6. The summed E-state index contributed by atoms with van der Waals surface area (Å²) in [4.78, 5) is 13.3. The lowest BCUT2D eigenvalue weighted by molar-refractivity contribution is 0.0429. The topological polar surface area (TPSA) is 95.5 Å². The molecule has 0 radical (unpaired) electrons. The second-order valence-corrected chi connectivity index (χ2v) is 8.35. The minimum absolute atomic E-state index is 0.504. The fourth-order valence-electron chi connectivity index (χ4n) is 3.94. The predicted molar refractivity (Wildman–Crippen MR) is 136 cm³/mol. The van der Waals surface area contributed by atoms with Crippen molar-refractivity contribution < 1.29 is 27.8 Å². The molecule has 0 saturated carbocycles. The highest BCUT2D eigenvalue weighted by molar-refractivity contribution is 5.75. The highest BCUT2D eigenvalue weighted by Crippen LogP contribution is 2.22. The maximum absolute atomic E-state index is 5.95. The van der Waals surface area contributed by atoms with Gasteiger partial charge < -0.3 is 37.6 Å². The third-order valence-electron chi connectivity index (χ3n) is 5.87. The van der Waals surface area contributed by atoms with Gasteiger partial charge in [0.1, 0.15) is 11.0 Å². The molecule has 0 N–H and O–H groups in total. The molecule has 36 heavy (non-hydrogen) atoms. The molecule has 1 aliphatic rings. The van der Waals surface area contributed by atoms with Crippen molar-refractivity contribution in [2.75, 3.05) is 88.8 Å². The fraction of sp³-hybridized carbons (Fsp3) is 0.462. The van der Waals surface area contributed by atoms with Crippen molar-refractivity contribution in [1.29, 1.82) is 0 Å². The first-order valence-corrected chi connectivity index (χ1v) is 12.4. The van der Waals surface area contributed by atoms with Gasteiger partial charge in [0, 0.05) is 26.2 Å². The molecular formula is C26H32N4O6. The third kappa shape index (κ3) is 6.52. The Bertz CT molecular complexity index is 1030. The lowest BCUT2D eigenvalue weighted by atomic mass is 10.3. The molecule has 1 saturated heterocycles. The first-order valence-electron chi connectivity index (χ1n) is 12.4. The number of oxazole rings is 2. The van der Waals surface area contributed by atoms with Gasteiger partial charge in [0.05, 0.1) is 52.9 Å². The summed E-state index contributed by atoms with van der Waals surface area (Å²) in [5.74, 6) is 0. The summed E-state index contributed by atoms with van der Waals surface area (Å²) >= 11 is 0. The van der Waals surface area contributed by atoms with E-state index in [-0.39, 0.29) is 0 Å². The van der Waals surface area contributed by atoms with Gasteiger partial charge in [-0.05, 0) is 24.3 Å². The summed E-state index contributed by atoms with van der Waals surface area (Å²) in [5.41, 5.74) is 3.20. The highest BCUT2D eigenvalue weighted by Gasteiger charge is 2.16. The van der Waals surface area contributed by atoms with Crippen LogP contribution >= 0.6 is 0 Å². The molecule has 0 spiro atoms. The number of benzene rings is 2. The van der Waals surface area contributed by atoms with Crippen molar-refractivity contribution in [2.24, 2.45) is 0 Å². The number of rotatable bonds is 2. The van der Waals surface area contributed by atoms with Crippen molar-refractivity contribution in [3.8, 4) is 0 Å². The van der Waals surface area contributed by atoms with Crippen LogP contribution < -0.4 is 9.80 Å². The number of ether oxygens (including phenoxy) is 4. The zero-order valence-corrected chi connectivity index (χ0v) is 20.3. The number of anilines is 2. The molecule has 1 fully saturated rings.